The summed E-state index contributed by atoms with van der Waals surface area (Å²) in [5.74, 6) is -0.348. The van der Waals surface area contributed by atoms with Crippen LogP contribution in [0.2, 0.25) is 5.02 Å². The highest BCUT2D eigenvalue weighted by atomic mass is 35.5. The van der Waals surface area contributed by atoms with Crippen LogP contribution in [0.3, 0.4) is 0 Å². The normalized spacial score (nSPS) is 14.6. The van der Waals surface area contributed by atoms with Crippen LogP contribution in [0.5, 0.6) is 0 Å². The van der Waals surface area contributed by atoms with Crippen molar-refractivity contribution in [2.24, 2.45) is 0 Å². The van der Waals surface area contributed by atoms with Gasteiger partial charge in [0, 0.05) is 49.6 Å². The minimum atomic E-state index is -0.348. The summed E-state index contributed by atoms with van der Waals surface area (Å²) in [6, 6.07) is 19.4. The number of nitrogens with one attached hydrogen (secondary N) is 1. The molecule has 1 saturated heterocycles. The van der Waals surface area contributed by atoms with E-state index in [9.17, 15) is 10.1 Å². The molecule has 0 aliphatic carbocycles. The van der Waals surface area contributed by atoms with E-state index in [0.29, 0.717) is 6.54 Å². The molecule has 1 N–H and O–H groups in total. The lowest BCUT2D eigenvalue weighted by molar-refractivity contribution is -0.117. The van der Waals surface area contributed by atoms with Gasteiger partial charge in [0.15, 0.2) is 0 Å². The molecular formula is C21H21ClN4O. The third-order valence-electron chi connectivity index (χ3n) is 4.46. The van der Waals surface area contributed by atoms with E-state index in [4.69, 9.17) is 11.6 Å². The van der Waals surface area contributed by atoms with Gasteiger partial charge >= 0.3 is 0 Å². The highest BCUT2D eigenvalue weighted by Gasteiger charge is 2.17. The third kappa shape index (κ3) is 5.25. The van der Waals surface area contributed by atoms with Crippen molar-refractivity contribution in [3.8, 4) is 6.07 Å². The molecule has 5 nitrogen and oxygen atoms in total. The molecule has 2 aromatic carbocycles. The van der Waals surface area contributed by atoms with E-state index in [0.717, 1.165) is 42.5 Å². The second-order valence-corrected chi connectivity index (χ2v) is 6.76. The summed E-state index contributed by atoms with van der Waals surface area (Å²) in [5.41, 5.74) is 2.22. The van der Waals surface area contributed by atoms with Gasteiger partial charge in [-0.05, 0) is 23.8 Å². The Morgan fingerprint density at radius 2 is 1.85 bits per heavy atom. The molecule has 0 bridgehead atoms. The van der Waals surface area contributed by atoms with Gasteiger partial charge in [0.25, 0.3) is 5.91 Å². The third-order valence-corrected chi connectivity index (χ3v) is 4.70. The maximum absolute atomic E-state index is 12.3. The van der Waals surface area contributed by atoms with Crippen LogP contribution in [0, 0.1) is 11.3 Å². The molecule has 1 fully saturated rings. The number of amides is 1. The van der Waals surface area contributed by atoms with Crippen molar-refractivity contribution in [1.82, 2.24) is 10.2 Å². The fraction of sp³-hybridized carbons (Fsp3) is 0.238. The number of hydrogen-bond donors (Lipinski definition) is 1. The van der Waals surface area contributed by atoms with E-state index in [2.05, 4.69) is 10.2 Å². The maximum Gasteiger partial charge on any atom is 0.263 e. The zero-order valence-electron chi connectivity index (χ0n) is 14.9. The molecule has 1 heterocycles. The Morgan fingerprint density at radius 3 is 2.52 bits per heavy atom. The van der Waals surface area contributed by atoms with Crippen LogP contribution in [0.15, 0.2) is 66.4 Å². The van der Waals surface area contributed by atoms with Gasteiger partial charge in [-0.2, -0.15) is 5.26 Å². The Labute approximate surface area is 164 Å². The van der Waals surface area contributed by atoms with Crippen molar-refractivity contribution >= 4 is 23.2 Å². The maximum atomic E-state index is 12.3. The molecule has 1 aliphatic rings. The lowest BCUT2D eigenvalue weighted by Crippen LogP contribution is -2.44. The van der Waals surface area contributed by atoms with Crippen LogP contribution in [-0.2, 0) is 11.3 Å². The molecule has 2 aromatic rings. The zero-order chi connectivity index (χ0) is 19.1. The zero-order valence-corrected chi connectivity index (χ0v) is 15.7. The van der Waals surface area contributed by atoms with Crippen LogP contribution >= 0.6 is 11.6 Å². The van der Waals surface area contributed by atoms with Crippen molar-refractivity contribution < 1.29 is 4.79 Å². The smallest absolute Gasteiger partial charge is 0.263 e. The number of rotatable bonds is 5. The Morgan fingerprint density at radius 1 is 1.11 bits per heavy atom. The van der Waals surface area contributed by atoms with Crippen molar-refractivity contribution in [2.45, 2.75) is 6.54 Å². The largest absolute Gasteiger partial charge is 0.373 e. The average Bonchev–Trinajstić information content (AvgIpc) is 2.71. The highest BCUT2D eigenvalue weighted by Crippen LogP contribution is 2.21. The molecule has 138 valence electrons. The Hall–Kier alpha value is -2.97. The average molecular weight is 381 g/mol. The molecule has 0 radical (unpaired) electrons. The number of halogens is 1. The first-order valence-electron chi connectivity index (χ1n) is 8.84. The van der Waals surface area contributed by atoms with Gasteiger partial charge < -0.3 is 15.1 Å². The Bertz CT molecular complexity index is 852. The van der Waals surface area contributed by atoms with Gasteiger partial charge in [-0.25, -0.2) is 0 Å². The van der Waals surface area contributed by atoms with Crippen LogP contribution in [0.1, 0.15) is 5.56 Å². The molecule has 0 unspecified atom stereocenters. The number of piperazine rings is 1. The van der Waals surface area contributed by atoms with Crippen molar-refractivity contribution in [3.63, 3.8) is 0 Å². The Kier molecular flexibility index (Phi) is 6.35. The molecule has 3 rings (SSSR count). The molecule has 27 heavy (non-hydrogen) atoms. The number of carbonyl (C=O) groups is 1. The summed E-state index contributed by atoms with van der Waals surface area (Å²) in [4.78, 5) is 16.6. The van der Waals surface area contributed by atoms with Gasteiger partial charge in [-0.1, -0.05) is 48.0 Å². The summed E-state index contributed by atoms with van der Waals surface area (Å²) in [6.07, 6.45) is 1.66. The number of hydrogen-bond acceptors (Lipinski definition) is 4. The fourth-order valence-corrected chi connectivity index (χ4v) is 3.16. The summed E-state index contributed by atoms with van der Waals surface area (Å²) in [5, 5.41) is 12.9. The lowest BCUT2D eigenvalue weighted by Gasteiger charge is -2.35. The predicted octanol–water partition coefficient (Wildman–Crippen LogP) is 3.19. The van der Waals surface area contributed by atoms with Crippen LogP contribution < -0.4 is 10.2 Å². The molecule has 1 aliphatic heterocycles. The first-order valence-corrected chi connectivity index (χ1v) is 9.22. The minimum absolute atomic E-state index is 0.127. The molecular weight excluding hydrogens is 360 g/mol. The number of carbonyl (C=O) groups excluding carboxylic acids is 1. The van der Waals surface area contributed by atoms with Gasteiger partial charge in [0.05, 0.1) is 0 Å². The number of benzene rings is 2. The first-order chi connectivity index (χ1) is 13.2. The highest BCUT2D eigenvalue weighted by molar-refractivity contribution is 6.30. The van der Waals surface area contributed by atoms with Gasteiger partial charge in [0.2, 0.25) is 0 Å². The van der Waals surface area contributed by atoms with Gasteiger partial charge in [-0.15, -0.1) is 0 Å². The van der Waals surface area contributed by atoms with Crippen LogP contribution in [0.25, 0.3) is 0 Å². The monoisotopic (exact) mass is 380 g/mol. The molecule has 0 atom stereocenters. The summed E-state index contributed by atoms with van der Waals surface area (Å²) >= 11 is 6.06. The summed E-state index contributed by atoms with van der Waals surface area (Å²) < 4.78 is 0. The number of anilines is 1. The topological polar surface area (TPSA) is 59.4 Å². The minimum Gasteiger partial charge on any atom is -0.373 e. The molecule has 6 heteroatoms. The lowest BCUT2D eigenvalue weighted by atomic mass is 10.2. The molecule has 0 spiro atoms. The van der Waals surface area contributed by atoms with E-state index in [1.807, 2.05) is 65.6 Å². The molecule has 0 aromatic heterocycles. The number of nitriles is 1. The molecule has 1 amide bonds. The number of nitrogens with zero attached hydrogens (tertiary/aromatic N) is 3. The Balaban J connectivity index is 1.55. The van der Waals surface area contributed by atoms with Crippen molar-refractivity contribution in [3.05, 3.63) is 77.0 Å². The van der Waals surface area contributed by atoms with Gasteiger partial charge in [-0.3, -0.25) is 4.79 Å². The van der Waals surface area contributed by atoms with E-state index in [-0.39, 0.29) is 11.5 Å². The van der Waals surface area contributed by atoms with Crippen molar-refractivity contribution in [2.75, 3.05) is 31.1 Å². The standard InChI is InChI=1S/C21H21ClN4O/c22-19-7-4-8-20(13-19)26-11-9-25(10-12-26)16-18(14-23)21(27)24-15-17-5-2-1-3-6-17/h1-8,13,16H,9-12,15H2,(H,24,27). The quantitative estimate of drug-likeness (QED) is 0.639. The van der Waals surface area contributed by atoms with Gasteiger partial charge in [0.1, 0.15) is 11.6 Å². The summed E-state index contributed by atoms with van der Waals surface area (Å²) in [6.45, 7) is 3.50. The van der Waals surface area contributed by atoms with Crippen LogP contribution in [0.4, 0.5) is 5.69 Å². The van der Waals surface area contributed by atoms with E-state index < -0.39 is 0 Å². The molecule has 0 saturated carbocycles. The fourth-order valence-electron chi connectivity index (χ4n) is 2.98. The predicted molar refractivity (Wildman–Crippen MR) is 107 cm³/mol. The summed E-state index contributed by atoms with van der Waals surface area (Å²) in [7, 11) is 0. The van der Waals surface area contributed by atoms with Crippen LogP contribution in [-0.4, -0.2) is 37.0 Å². The van der Waals surface area contributed by atoms with E-state index in [1.54, 1.807) is 6.20 Å². The SMILES string of the molecule is N#CC(=CN1CCN(c2cccc(Cl)c2)CC1)C(=O)NCc1ccccc1. The van der Waals surface area contributed by atoms with E-state index >= 15 is 0 Å². The van der Waals surface area contributed by atoms with Crippen molar-refractivity contribution in [1.29, 1.82) is 5.26 Å². The van der Waals surface area contributed by atoms with E-state index in [1.165, 1.54) is 0 Å². The first kappa shape index (κ1) is 18.8. The second kappa shape index (κ2) is 9.11. The second-order valence-electron chi connectivity index (χ2n) is 6.33.